The molecule has 0 aromatic heterocycles. The van der Waals surface area contributed by atoms with Gasteiger partial charge in [0.25, 0.3) is 0 Å². The van der Waals surface area contributed by atoms with Gasteiger partial charge < -0.3 is 20.7 Å². The molecular weight excluding hydrogens is 258 g/mol. The van der Waals surface area contributed by atoms with Crippen molar-refractivity contribution in [2.24, 2.45) is 5.73 Å². The first-order valence-electron chi connectivity index (χ1n) is 12.3. The first-order chi connectivity index (χ1) is 14.8. The van der Waals surface area contributed by atoms with Crippen molar-refractivity contribution < 1.29 is 38.9 Å². The maximum Gasteiger partial charge on any atom is 0.323 e. The van der Waals surface area contributed by atoms with E-state index in [1.807, 2.05) is 0 Å². The van der Waals surface area contributed by atoms with Gasteiger partial charge in [-0.25, -0.2) is 0 Å². The predicted molar refractivity (Wildman–Crippen MR) is 74.4 cm³/mol. The summed E-state index contributed by atoms with van der Waals surface area (Å²) in [6, 6.07) is -1.41. The summed E-state index contributed by atoms with van der Waals surface area (Å²) in [5.74, 6) is -3.88. The normalized spacial score (nSPS) is 44.5. The van der Waals surface area contributed by atoms with Gasteiger partial charge in [-0.05, 0) is 49.6 Å². The van der Waals surface area contributed by atoms with Crippen molar-refractivity contribution in [1.82, 2.24) is 0 Å². The molecule has 0 spiro atoms. The molecule has 1 atom stereocenters. The van der Waals surface area contributed by atoms with Gasteiger partial charge in [-0.15, -0.1) is 0 Å². The van der Waals surface area contributed by atoms with Crippen LogP contribution >= 0.6 is 0 Å². The summed E-state index contributed by atoms with van der Waals surface area (Å²) in [6.07, 6.45) is -27.5. The zero-order valence-electron chi connectivity index (χ0n) is 24.0. The van der Waals surface area contributed by atoms with Gasteiger partial charge in [-0.1, -0.05) is 12.4 Å². The molecule has 0 bridgehead atoms. The lowest BCUT2D eigenvalue weighted by Gasteiger charge is -2.23. The quantitative estimate of drug-likeness (QED) is 0.582. The Morgan fingerprint density at radius 3 is 2.85 bits per heavy atom. The molecule has 0 saturated heterocycles. The monoisotopic (exact) mass is 293 g/mol. The summed E-state index contributed by atoms with van der Waals surface area (Å²) in [5.41, 5.74) is 4.81. The molecule has 4 N–H and O–H groups in total. The van der Waals surface area contributed by atoms with E-state index in [1.165, 1.54) is 0 Å². The van der Waals surface area contributed by atoms with Gasteiger partial charge in [0.15, 0.2) is 11.5 Å². The zero-order valence-corrected chi connectivity index (χ0v) is 10.0. The lowest BCUT2D eigenvalue weighted by atomic mass is 9.97. The fourth-order valence-corrected chi connectivity index (χ4v) is 1.24. The van der Waals surface area contributed by atoms with Crippen molar-refractivity contribution >= 4 is 5.97 Å². The fourth-order valence-electron chi connectivity index (χ4n) is 1.24. The molecule has 0 unspecified atom stereocenters. The Hall–Kier alpha value is -1.75. The Kier molecular flexibility index (Phi) is 1.62. The summed E-state index contributed by atoms with van der Waals surface area (Å²) in [6.45, 7) is 0. The molecule has 1 fully saturated rings. The number of carbonyl (C=O) groups excluding carboxylic acids is 1. The third kappa shape index (κ3) is 3.87. The third-order valence-electron chi connectivity index (χ3n) is 2.15. The molecule has 0 aliphatic heterocycles. The predicted octanol–water partition coefficient (Wildman–Crippen LogP) is 1.84. The van der Waals surface area contributed by atoms with E-state index >= 15 is 0 Å². The van der Waals surface area contributed by atoms with Crippen LogP contribution in [0.3, 0.4) is 0 Å². The molecule has 0 amide bonds. The van der Waals surface area contributed by atoms with Crippen molar-refractivity contribution in [3.8, 4) is 11.5 Å². The maximum atomic E-state index is 12.8. The molecule has 1 aliphatic carbocycles. The van der Waals surface area contributed by atoms with Crippen LogP contribution in [-0.2, 0) is 15.9 Å². The average molecular weight is 293 g/mol. The van der Waals surface area contributed by atoms with Gasteiger partial charge in [0, 0.05) is 16.4 Å². The molecule has 110 valence electrons. The van der Waals surface area contributed by atoms with Crippen molar-refractivity contribution in [1.29, 1.82) is 0 Å². The SMILES string of the molecule is [2H]C1([2H])C([2H])([2H])C([2H])([2H])C([2H])(OC(=O)[C@@]([2H])(N)C([2H])([2H])c2ccc(O)c(O)c2)C([2H])([2H])C1([2H])[2H]. The molecular formula is C15H21NO4. The molecule has 20 heavy (non-hydrogen) atoms. The number of carbonyl (C=O) groups is 1. The van der Waals surface area contributed by atoms with Crippen LogP contribution in [0, 0.1) is 0 Å². The minimum absolute atomic E-state index is 0.597. The fraction of sp³-hybridized carbons (Fsp3) is 0.533. The molecule has 1 aromatic carbocycles. The molecule has 5 nitrogen and oxygen atoms in total. The van der Waals surface area contributed by atoms with Crippen molar-refractivity contribution in [2.75, 3.05) is 0 Å². The van der Waals surface area contributed by atoms with E-state index in [9.17, 15) is 15.0 Å². The first kappa shape index (κ1) is 4.91. The van der Waals surface area contributed by atoms with Crippen LogP contribution in [0.4, 0.5) is 0 Å². The van der Waals surface area contributed by atoms with Crippen LogP contribution < -0.4 is 5.73 Å². The minimum Gasteiger partial charge on any atom is -0.504 e. The summed E-state index contributed by atoms with van der Waals surface area (Å²) in [4.78, 5) is 12.8. The number of benzene rings is 1. The van der Waals surface area contributed by atoms with E-state index in [0.717, 1.165) is 12.1 Å². The van der Waals surface area contributed by atoms with Crippen LogP contribution in [0.2, 0.25) is 0 Å². The van der Waals surface area contributed by atoms with Crippen LogP contribution in [0.1, 0.15) is 56.6 Å². The van der Waals surface area contributed by atoms with Gasteiger partial charge in [-0.2, -0.15) is 0 Å². The minimum atomic E-state index is -4.20. The van der Waals surface area contributed by atoms with Crippen molar-refractivity contribution in [3.63, 3.8) is 0 Å². The van der Waals surface area contributed by atoms with Gasteiger partial charge in [0.05, 0.1) is 2.74 Å². The molecule has 5 heteroatoms. The Bertz CT molecular complexity index is 979. The summed E-state index contributed by atoms with van der Waals surface area (Å²) >= 11 is 0. The van der Waals surface area contributed by atoms with Gasteiger partial charge in [0.1, 0.15) is 12.1 Å². The molecule has 0 heterocycles. The van der Waals surface area contributed by atoms with E-state index in [4.69, 9.17) is 24.9 Å². The lowest BCUT2D eigenvalue weighted by molar-refractivity contribution is -0.152. The highest BCUT2D eigenvalue weighted by molar-refractivity contribution is 5.76. The second-order valence-corrected chi connectivity index (χ2v) is 3.59. The van der Waals surface area contributed by atoms with Gasteiger partial charge >= 0.3 is 5.97 Å². The number of ether oxygens (including phenoxy) is 1. The van der Waals surface area contributed by atoms with E-state index in [2.05, 4.69) is 4.74 Å². The summed E-state index contributed by atoms with van der Waals surface area (Å²) < 4.78 is 115. The van der Waals surface area contributed by atoms with E-state index in [1.54, 1.807) is 0 Å². The highest BCUT2D eigenvalue weighted by atomic mass is 16.5. The molecule has 0 radical (unpaired) electrons. The highest BCUT2D eigenvalue weighted by Gasteiger charge is 2.22. The number of hydrogen-bond donors (Lipinski definition) is 3. The Morgan fingerprint density at radius 1 is 1.50 bits per heavy atom. The van der Waals surface area contributed by atoms with Crippen LogP contribution in [-0.4, -0.2) is 28.3 Å². The van der Waals surface area contributed by atoms with Crippen molar-refractivity contribution in [3.05, 3.63) is 23.8 Å². The number of phenolic OH excluding ortho intramolecular Hbond substituents is 2. The number of aromatic hydroxyl groups is 2. The summed E-state index contributed by atoms with van der Waals surface area (Å²) in [7, 11) is 0. The third-order valence-corrected chi connectivity index (χ3v) is 2.15. The second kappa shape index (κ2) is 6.61. The lowest BCUT2D eigenvalue weighted by Crippen LogP contribution is -2.37. The van der Waals surface area contributed by atoms with Crippen LogP contribution in [0.25, 0.3) is 0 Å². The largest absolute Gasteiger partial charge is 0.504 e. The van der Waals surface area contributed by atoms with Crippen LogP contribution in [0.5, 0.6) is 11.5 Å². The van der Waals surface area contributed by atoms with E-state index < -0.39 is 73.4 Å². The first-order valence-corrected chi connectivity index (χ1v) is 5.34. The molecule has 1 saturated carbocycles. The smallest absolute Gasteiger partial charge is 0.323 e. The zero-order chi connectivity index (χ0) is 27.1. The number of nitrogens with two attached hydrogens (primary N) is 1. The number of esters is 1. The second-order valence-electron chi connectivity index (χ2n) is 3.59. The Balaban J connectivity index is 2.65. The van der Waals surface area contributed by atoms with Gasteiger partial charge in [-0.3, -0.25) is 4.79 Å². The maximum absolute atomic E-state index is 12.8. The van der Waals surface area contributed by atoms with Gasteiger partial charge in [0.2, 0.25) is 0 Å². The highest BCUT2D eigenvalue weighted by Crippen LogP contribution is 2.25. The molecule has 2 rings (SSSR count). The average Bonchev–Trinajstić information content (AvgIpc) is 2.67. The van der Waals surface area contributed by atoms with Crippen molar-refractivity contribution in [2.45, 2.75) is 50.3 Å². The molecule has 1 aliphatic rings. The topological polar surface area (TPSA) is 92.8 Å². The van der Waals surface area contributed by atoms with E-state index in [0.29, 0.717) is 6.07 Å². The number of rotatable bonds is 4. The number of phenols is 2. The van der Waals surface area contributed by atoms with Crippen LogP contribution in [0.15, 0.2) is 18.2 Å². The molecule has 1 aromatic rings. The Morgan fingerprint density at radius 2 is 2.20 bits per heavy atom. The Labute approximate surface area is 138 Å². The number of hydrogen-bond acceptors (Lipinski definition) is 5. The standard InChI is InChI=1S/C15H21NO4/c16-12(8-10-6-7-13(17)14(18)9-10)15(19)20-11-4-2-1-3-5-11/h6-7,9,11-12,17-18H,1-5,8,16H2/t12-/m0/s1/i1D2,2D2,3D2,4D2,5D2,8D2,11D,12D. The van der Waals surface area contributed by atoms with E-state index in [-0.39, 0.29) is 0 Å². The summed E-state index contributed by atoms with van der Waals surface area (Å²) in [5, 5.41) is 19.0.